The third-order valence-corrected chi connectivity index (χ3v) is 5.17. The Labute approximate surface area is 182 Å². The van der Waals surface area contributed by atoms with Gasteiger partial charge in [-0.25, -0.2) is 9.98 Å². The molecule has 0 bridgehead atoms. The average molecular weight is 455 g/mol. The van der Waals surface area contributed by atoms with Crippen LogP contribution in [0.15, 0.2) is 70.6 Å². The molecule has 0 N–H and O–H groups in total. The van der Waals surface area contributed by atoms with Crippen molar-refractivity contribution in [2.45, 2.75) is 50.6 Å². The van der Waals surface area contributed by atoms with Gasteiger partial charge in [0.25, 0.3) is 0 Å². The Morgan fingerprint density at radius 2 is 1.34 bits per heavy atom. The molecule has 0 aromatic heterocycles. The van der Waals surface area contributed by atoms with Crippen molar-refractivity contribution in [2.24, 2.45) is 9.98 Å². The van der Waals surface area contributed by atoms with Gasteiger partial charge in [-0.1, -0.05) is 74.0 Å². The first-order valence-electron chi connectivity index (χ1n) is 10.3. The van der Waals surface area contributed by atoms with Gasteiger partial charge >= 0.3 is 18.0 Å². The molecule has 0 spiro atoms. The van der Waals surface area contributed by atoms with Crippen LogP contribution in [0.5, 0.6) is 0 Å². The second-order valence-corrected chi connectivity index (χ2v) is 7.49. The van der Waals surface area contributed by atoms with Crippen LogP contribution in [0.3, 0.4) is 0 Å². The van der Waals surface area contributed by atoms with E-state index in [-0.39, 0.29) is 30.2 Å². The quantitative estimate of drug-likeness (QED) is 0.444. The van der Waals surface area contributed by atoms with Gasteiger partial charge < -0.3 is 4.90 Å². The molecule has 0 saturated heterocycles. The molecule has 9 heteroatoms. The highest BCUT2D eigenvalue weighted by atomic mass is 19.4. The highest BCUT2D eigenvalue weighted by Gasteiger charge is 2.73. The zero-order chi connectivity index (χ0) is 23.4. The van der Waals surface area contributed by atoms with E-state index in [1.54, 1.807) is 18.2 Å². The van der Waals surface area contributed by atoms with E-state index in [4.69, 9.17) is 0 Å². The smallest absolute Gasteiger partial charge is 0.314 e. The molecule has 0 fully saturated rings. The lowest BCUT2D eigenvalue weighted by Crippen LogP contribution is -2.59. The summed E-state index contributed by atoms with van der Waals surface area (Å²) in [6.07, 6.45) is -10.1. The summed E-state index contributed by atoms with van der Waals surface area (Å²) in [5.41, 5.74) is -3.46. The normalized spacial score (nSPS) is 16.5. The maximum Gasteiger partial charge on any atom is 0.443 e. The Balaban J connectivity index is 2.15. The number of hydrogen-bond donors (Lipinski definition) is 0. The average Bonchev–Trinajstić information content (AvgIpc) is 2.75. The fourth-order valence-corrected chi connectivity index (χ4v) is 3.48. The lowest BCUT2D eigenvalue weighted by molar-refractivity contribution is -0.293. The number of unbranched alkanes of at least 4 members (excludes halogenated alkanes) is 1. The van der Waals surface area contributed by atoms with Gasteiger partial charge in [0.15, 0.2) is 0 Å². The second-order valence-electron chi connectivity index (χ2n) is 7.49. The first kappa shape index (κ1) is 23.8. The number of nitrogens with zero attached hydrogens (tertiary/aromatic N) is 3. The SMILES string of the molecule is CCCCC1=NC(C(F)(F)F)(C(F)(F)F)N=C(c2ccccc2)N1CCc1ccccc1. The monoisotopic (exact) mass is 455 g/mol. The molecule has 2 aromatic rings. The van der Waals surface area contributed by atoms with Gasteiger partial charge in [0.05, 0.1) is 0 Å². The van der Waals surface area contributed by atoms with E-state index in [0.717, 1.165) is 5.56 Å². The van der Waals surface area contributed by atoms with Crippen molar-refractivity contribution in [1.29, 1.82) is 0 Å². The summed E-state index contributed by atoms with van der Waals surface area (Å²) in [6, 6.07) is 16.8. The van der Waals surface area contributed by atoms with Crippen molar-refractivity contribution in [3.63, 3.8) is 0 Å². The molecule has 3 nitrogen and oxygen atoms in total. The van der Waals surface area contributed by atoms with Gasteiger partial charge in [-0.2, -0.15) is 26.3 Å². The number of aliphatic imine (C=N–C) groups is 2. The van der Waals surface area contributed by atoms with E-state index < -0.39 is 18.0 Å². The molecule has 0 saturated carbocycles. The van der Waals surface area contributed by atoms with Crippen LogP contribution in [0.2, 0.25) is 0 Å². The maximum atomic E-state index is 13.9. The molecule has 1 aliphatic heterocycles. The molecule has 3 rings (SSSR count). The predicted octanol–water partition coefficient (Wildman–Crippen LogP) is 6.40. The summed E-state index contributed by atoms with van der Waals surface area (Å²) >= 11 is 0. The molecule has 2 aromatic carbocycles. The van der Waals surface area contributed by atoms with E-state index in [9.17, 15) is 26.3 Å². The van der Waals surface area contributed by atoms with Crippen molar-refractivity contribution >= 4 is 11.7 Å². The number of alkyl halides is 6. The summed E-state index contributed by atoms with van der Waals surface area (Å²) in [4.78, 5) is 7.95. The van der Waals surface area contributed by atoms with Crippen LogP contribution in [-0.2, 0) is 6.42 Å². The molecule has 1 aliphatic rings. The number of halogens is 6. The molecule has 172 valence electrons. The van der Waals surface area contributed by atoms with Gasteiger partial charge in [-0.05, 0) is 18.4 Å². The molecule has 0 amide bonds. The zero-order valence-electron chi connectivity index (χ0n) is 17.4. The van der Waals surface area contributed by atoms with Crippen molar-refractivity contribution in [3.8, 4) is 0 Å². The maximum absolute atomic E-state index is 13.9. The van der Waals surface area contributed by atoms with Crippen LogP contribution >= 0.6 is 0 Å². The molecule has 0 atom stereocenters. The first-order chi connectivity index (χ1) is 15.1. The third-order valence-electron chi connectivity index (χ3n) is 5.17. The van der Waals surface area contributed by atoms with Crippen LogP contribution in [0, 0.1) is 0 Å². The van der Waals surface area contributed by atoms with Gasteiger partial charge in [-0.15, -0.1) is 0 Å². The summed E-state index contributed by atoms with van der Waals surface area (Å²) < 4.78 is 83.4. The fraction of sp³-hybridized carbons (Fsp3) is 0.391. The number of hydrogen-bond acceptors (Lipinski definition) is 3. The van der Waals surface area contributed by atoms with Crippen LogP contribution < -0.4 is 0 Å². The highest BCUT2D eigenvalue weighted by molar-refractivity contribution is 6.11. The minimum Gasteiger partial charge on any atom is -0.314 e. The van der Waals surface area contributed by atoms with Gasteiger partial charge in [0, 0.05) is 18.5 Å². The Morgan fingerprint density at radius 1 is 0.781 bits per heavy atom. The van der Waals surface area contributed by atoms with E-state index in [1.807, 2.05) is 37.3 Å². The topological polar surface area (TPSA) is 28.0 Å². The summed E-state index contributed by atoms with van der Waals surface area (Å²) in [7, 11) is 0. The zero-order valence-corrected chi connectivity index (χ0v) is 17.4. The van der Waals surface area contributed by atoms with Crippen molar-refractivity contribution in [1.82, 2.24) is 4.90 Å². The largest absolute Gasteiger partial charge is 0.443 e. The summed E-state index contributed by atoms with van der Waals surface area (Å²) in [5.74, 6) is -0.636. The van der Waals surface area contributed by atoms with Gasteiger partial charge in [0.1, 0.15) is 11.7 Å². The highest BCUT2D eigenvalue weighted by Crippen LogP contribution is 2.49. The van der Waals surface area contributed by atoms with E-state index >= 15 is 0 Å². The lowest BCUT2D eigenvalue weighted by Gasteiger charge is -2.39. The Kier molecular flexibility index (Phi) is 6.95. The molecule has 0 aliphatic carbocycles. The van der Waals surface area contributed by atoms with Gasteiger partial charge in [-0.3, -0.25) is 0 Å². The standard InChI is InChI=1S/C23H23F6N3/c1-2-3-14-19-30-21(22(24,25)26,23(27,28)29)31-20(18-12-8-5-9-13-18)32(19)16-15-17-10-6-4-7-11-17/h4-13H,2-3,14-16H2,1H3. The second kappa shape index (κ2) is 9.34. The Morgan fingerprint density at radius 3 is 1.88 bits per heavy atom. The van der Waals surface area contributed by atoms with E-state index in [1.165, 1.54) is 17.0 Å². The Hall–Kier alpha value is -2.84. The Bertz CT molecular complexity index is 935. The van der Waals surface area contributed by atoms with Crippen molar-refractivity contribution in [2.75, 3.05) is 6.54 Å². The van der Waals surface area contributed by atoms with Crippen LogP contribution in [0.25, 0.3) is 0 Å². The lowest BCUT2D eigenvalue weighted by atomic mass is 10.0. The van der Waals surface area contributed by atoms with Crippen LogP contribution in [0.1, 0.15) is 37.3 Å². The molecule has 0 radical (unpaired) electrons. The molecule has 0 unspecified atom stereocenters. The first-order valence-corrected chi connectivity index (χ1v) is 10.3. The predicted molar refractivity (Wildman–Crippen MR) is 112 cm³/mol. The summed E-state index contributed by atoms with van der Waals surface area (Å²) in [5, 5.41) is 0. The minimum absolute atomic E-state index is 0.0228. The molecular weight excluding hydrogens is 432 g/mol. The van der Waals surface area contributed by atoms with Crippen LogP contribution in [0.4, 0.5) is 26.3 Å². The fourth-order valence-electron chi connectivity index (χ4n) is 3.48. The van der Waals surface area contributed by atoms with Gasteiger partial charge in [0.2, 0.25) is 0 Å². The van der Waals surface area contributed by atoms with Crippen molar-refractivity contribution in [3.05, 3.63) is 71.8 Å². The number of benzene rings is 2. The molecular formula is C23H23F6N3. The van der Waals surface area contributed by atoms with Crippen LogP contribution in [-0.4, -0.2) is 41.1 Å². The summed E-state index contributed by atoms with van der Waals surface area (Å²) in [6.45, 7) is 1.96. The third kappa shape index (κ3) is 4.81. The number of amidine groups is 2. The van der Waals surface area contributed by atoms with E-state index in [0.29, 0.717) is 19.3 Å². The minimum atomic E-state index is -5.74. The van der Waals surface area contributed by atoms with Crippen molar-refractivity contribution < 1.29 is 26.3 Å². The molecule has 32 heavy (non-hydrogen) atoms. The molecule has 1 heterocycles. The number of rotatable bonds is 7. The van der Waals surface area contributed by atoms with E-state index in [2.05, 4.69) is 9.98 Å².